The number of esters is 1. The molecule has 0 unspecified atom stereocenters. The molecule has 1 saturated heterocycles. The van der Waals surface area contributed by atoms with E-state index in [0.717, 1.165) is 53.8 Å². The summed E-state index contributed by atoms with van der Waals surface area (Å²) in [5, 5.41) is 9.84. The number of methoxy groups -OCH3 is 1. The van der Waals surface area contributed by atoms with Crippen LogP contribution in [0.3, 0.4) is 0 Å². The fraction of sp³-hybridized carbons (Fsp3) is 0.333. The Hall–Kier alpha value is -3.98. The summed E-state index contributed by atoms with van der Waals surface area (Å²) in [5.74, 6) is 1.13. The number of carbonyl (C=O) groups is 1. The van der Waals surface area contributed by atoms with Crippen molar-refractivity contribution in [1.82, 2.24) is 14.8 Å². The van der Waals surface area contributed by atoms with Gasteiger partial charge in [-0.2, -0.15) is 0 Å². The number of ether oxygens (including phenoxy) is 1. The summed E-state index contributed by atoms with van der Waals surface area (Å²) in [6.07, 6.45) is 0.106. The standard InChI is InChI=1S/C30H32N6O2S/c1-19-20(2)39-30-27(19)28(31-25(18-26(37)38-4)29-33-32-21(3)36(29)30)22-10-12-24(13-11-22)35-16-14-34(15-17-35)23-8-6-5-7-9-23/h5-13,25H,14-18H2,1-4H3/t25-/m0/s1. The van der Waals surface area contributed by atoms with Crippen molar-refractivity contribution in [1.29, 1.82) is 0 Å². The van der Waals surface area contributed by atoms with Crippen LogP contribution in [0, 0.1) is 20.8 Å². The van der Waals surface area contributed by atoms with Crippen LogP contribution in [0.15, 0.2) is 59.6 Å². The number of para-hydroxylation sites is 1. The molecule has 200 valence electrons. The Morgan fingerprint density at radius 2 is 1.56 bits per heavy atom. The van der Waals surface area contributed by atoms with Gasteiger partial charge in [-0.3, -0.25) is 14.4 Å². The fourth-order valence-corrected chi connectivity index (χ4v) is 6.67. The Balaban J connectivity index is 1.33. The van der Waals surface area contributed by atoms with E-state index in [-0.39, 0.29) is 12.4 Å². The molecular weight excluding hydrogens is 508 g/mol. The quantitative estimate of drug-likeness (QED) is 0.330. The van der Waals surface area contributed by atoms with Gasteiger partial charge in [-0.05, 0) is 50.6 Å². The van der Waals surface area contributed by atoms with Crippen molar-refractivity contribution in [3.63, 3.8) is 0 Å². The summed E-state index contributed by atoms with van der Waals surface area (Å²) < 4.78 is 7.06. The molecule has 2 aromatic heterocycles. The largest absolute Gasteiger partial charge is 0.469 e. The smallest absolute Gasteiger partial charge is 0.308 e. The highest BCUT2D eigenvalue weighted by atomic mass is 32.1. The Labute approximate surface area is 232 Å². The average molecular weight is 541 g/mol. The lowest BCUT2D eigenvalue weighted by atomic mass is 9.99. The van der Waals surface area contributed by atoms with Crippen LogP contribution in [0.2, 0.25) is 0 Å². The third-order valence-electron chi connectivity index (χ3n) is 7.73. The van der Waals surface area contributed by atoms with Crippen molar-refractivity contribution >= 4 is 34.4 Å². The second-order valence-electron chi connectivity index (χ2n) is 10.0. The average Bonchev–Trinajstić information content (AvgIpc) is 3.45. The molecular formula is C30H32N6O2S. The van der Waals surface area contributed by atoms with Gasteiger partial charge in [-0.15, -0.1) is 21.5 Å². The van der Waals surface area contributed by atoms with Crippen LogP contribution in [0.5, 0.6) is 0 Å². The van der Waals surface area contributed by atoms with Crippen molar-refractivity contribution < 1.29 is 9.53 Å². The lowest BCUT2D eigenvalue weighted by Gasteiger charge is -2.37. The van der Waals surface area contributed by atoms with Crippen molar-refractivity contribution in [2.75, 3.05) is 43.1 Å². The molecule has 4 heterocycles. The number of thiophene rings is 1. The Morgan fingerprint density at radius 3 is 2.21 bits per heavy atom. The zero-order chi connectivity index (χ0) is 27.1. The lowest BCUT2D eigenvalue weighted by molar-refractivity contribution is -0.141. The van der Waals surface area contributed by atoms with E-state index in [0.29, 0.717) is 5.82 Å². The van der Waals surface area contributed by atoms with Crippen molar-refractivity contribution in [3.05, 3.63) is 87.8 Å². The molecule has 0 saturated carbocycles. The van der Waals surface area contributed by atoms with E-state index in [2.05, 4.69) is 93.0 Å². The number of aromatic nitrogens is 3. The lowest BCUT2D eigenvalue weighted by Crippen LogP contribution is -2.46. The van der Waals surface area contributed by atoms with Gasteiger partial charge in [0.2, 0.25) is 0 Å². The number of hydrogen-bond acceptors (Lipinski definition) is 8. The molecule has 0 aliphatic carbocycles. The van der Waals surface area contributed by atoms with Gasteiger partial charge in [0.25, 0.3) is 0 Å². The van der Waals surface area contributed by atoms with E-state index in [1.54, 1.807) is 11.3 Å². The normalized spacial score (nSPS) is 16.8. The Bertz CT molecular complexity index is 1530. The number of aryl methyl sites for hydroxylation is 2. The first kappa shape index (κ1) is 25.3. The Kier molecular flexibility index (Phi) is 6.68. The minimum atomic E-state index is -0.487. The summed E-state index contributed by atoms with van der Waals surface area (Å²) in [4.78, 5) is 23.6. The van der Waals surface area contributed by atoms with E-state index < -0.39 is 6.04 Å². The fourth-order valence-electron chi connectivity index (χ4n) is 5.46. The summed E-state index contributed by atoms with van der Waals surface area (Å²) in [6.45, 7) is 10.1. The van der Waals surface area contributed by atoms with Gasteiger partial charge in [-0.1, -0.05) is 30.3 Å². The van der Waals surface area contributed by atoms with Crippen molar-refractivity contribution in [2.24, 2.45) is 4.99 Å². The number of benzene rings is 2. The number of carbonyl (C=O) groups excluding carboxylic acids is 1. The summed E-state index contributed by atoms with van der Waals surface area (Å²) in [7, 11) is 1.41. The van der Waals surface area contributed by atoms with E-state index in [1.165, 1.54) is 28.9 Å². The van der Waals surface area contributed by atoms with Gasteiger partial charge in [0.1, 0.15) is 16.9 Å². The van der Waals surface area contributed by atoms with Crippen molar-refractivity contribution in [2.45, 2.75) is 33.2 Å². The molecule has 8 nitrogen and oxygen atoms in total. The van der Waals surface area contributed by atoms with Crippen LogP contribution in [0.1, 0.15) is 45.7 Å². The zero-order valence-corrected chi connectivity index (χ0v) is 23.5. The minimum Gasteiger partial charge on any atom is -0.469 e. The molecule has 2 aromatic carbocycles. The van der Waals surface area contributed by atoms with Gasteiger partial charge in [0.15, 0.2) is 5.82 Å². The molecule has 9 heteroatoms. The number of rotatable bonds is 5. The number of piperazine rings is 1. The first-order valence-corrected chi connectivity index (χ1v) is 14.1. The summed E-state index contributed by atoms with van der Waals surface area (Å²) in [6, 6.07) is 18.8. The highest BCUT2D eigenvalue weighted by Crippen LogP contribution is 2.39. The maximum atomic E-state index is 12.4. The van der Waals surface area contributed by atoms with Gasteiger partial charge < -0.3 is 14.5 Å². The monoisotopic (exact) mass is 540 g/mol. The third-order valence-corrected chi connectivity index (χ3v) is 8.93. The second kappa shape index (κ2) is 10.3. The van der Waals surface area contributed by atoms with Crippen LogP contribution < -0.4 is 9.80 Å². The number of nitrogens with zero attached hydrogens (tertiary/aromatic N) is 6. The van der Waals surface area contributed by atoms with E-state index in [1.807, 2.05) is 6.92 Å². The third kappa shape index (κ3) is 4.61. The van der Waals surface area contributed by atoms with Gasteiger partial charge in [0, 0.05) is 53.6 Å². The van der Waals surface area contributed by atoms with Crippen molar-refractivity contribution in [3.8, 4) is 5.00 Å². The summed E-state index contributed by atoms with van der Waals surface area (Å²) in [5.41, 5.74) is 6.66. The van der Waals surface area contributed by atoms with Gasteiger partial charge in [-0.25, -0.2) is 0 Å². The predicted octanol–water partition coefficient (Wildman–Crippen LogP) is 5.04. The molecule has 2 aliphatic rings. The number of fused-ring (bicyclic) bond motifs is 3. The zero-order valence-electron chi connectivity index (χ0n) is 22.7. The van der Waals surface area contributed by atoms with E-state index in [9.17, 15) is 4.79 Å². The first-order valence-electron chi connectivity index (χ1n) is 13.3. The number of anilines is 2. The highest BCUT2D eigenvalue weighted by molar-refractivity contribution is 7.15. The van der Waals surface area contributed by atoms with Crippen LogP contribution in [-0.4, -0.2) is 59.7 Å². The molecule has 2 aliphatic heterocycles. The van der Waals surface area contributed by atoms with Crippen LogP contribution in [0.25, 0.3) is 5.00 Å². The van der Waals surface area contributed by atoms with E-state index in [4.69, 9.17) is 9.73 Å². The highest BCUT2D eigenvalue weighted by Gasteiger charge is 2.32. The molecule has 0 bridgehead atoms. The van der Waals surface area contributed by atoms with E-state index >= 15 is 0 Å². The van der Waals surface area contributed by atoms with Gasteiger partial charge >= 0.3 is 5.97 Å². The molecule has 0 spiro atoms. The Morgan fingerprint density at radius 1 is 0.923 bits per heavy atom. The molecule has 1 atom stereocenters. The minimum absolute atomic E-state index is 0.106. The molecule has 0 amide bonds. The SMILES string of the molecule is COC(=O)C[C@@H]1N=C(c2ccc(N3CCN(c4ccccc4)CC3)cc2)c2c(sc(C)c2C)-n2c(C)nnc21. The second-order valence-corrected chi connectivity index (χ2v) is 11.2. The van der Waals surface area contributed by atoms with Crippen LogP contribution in [-0.2, 0) is 9.53 Å². The van der Waals surface area contributed by atoms with Gasteiger partial charge in [0.05, 0.1) is 19.2 Å². The first-order chi connectivity index (χ1) is 18.9. The van der Waals surface area contributed by atoms with Crippen LogP contribution >= 0.6 is 11.3 Å². The topological polar surface area (TPSA) is 75.8 Å². The molecule has 1 fully saturated rings. The molecule has 39 heavy (non-hydrogen) atoms. The molecule has 4 aromatic rings. The van der Waals surface area contributed by atoms with Crippen LogP contribution in [0.4, 0.5) is 11.4 Å². The summed E-state index contributed by atoms with van der Waals surface area (Å²) >= 11 is 1.71. The molecule has 0 N–H and O–H groups in total. The molecule has 0 radical (unpaired) electrons. The number of aliphatic imine (C=N–C) groups is 1. The number of hydrogen-bond donors (Lipinski definition) is 0. The maximum absolute atomic E-state index is 12.4. The molecule has 6 rings (SSSR count). The maximum Gasteiger partial charge on any atom is 0.308 e. The predicted molar refractivity (Wildman–Crippen MR) is 156 cm³/mol.